The molecule has 2 aliphatic heterocycles. The Bertz CT molecular complexity index is 421. The molecule has 0 aromatic rings. The minimum atomic E-state index is -0.197. The van der Waals surface area contributed by atoms with Gasteiger partial charge in [0.1, 0.15) is 12.2 Å². The fourth-order valence-corrected chi connectivity index (χ4v) is 3.51. The van der Waals surface area contributed by atoms with Crippen LogP contribution in [0, 0.1) is 17.8 Å². The lowest BCUT2D eigenvalue weighted by molar-refractivity contribution is -0.159. The van der Waals surface area contributed by atoms with Gasteiger partial charge in [0.25, 0.3) is 0 Å². The molecule has 0 aromatic carbocycles. The lowest BCUT2D eigenvalue weighted by Crippen LogP contribution is -2.48. The second-order valence-electron chi connectivity index (χ2n) is 5.51. The summed E-state index contributed by atoms with van der Waals surface area (Å²) in [5.41, 5.74) is 1.16. The lowest BCUT2D eigenvalue weighted by atomic mass is 9.69. The highest BCUT2D eigenvalue weighted by atomic mass is 16.5. The molecular weight excluding hydrogens is 216 g/mol. The first kappa shape index (κ1) is 10.9. The smallest absolute Gasteiger partial charge is 0.331 e. The number of carbonyl (C=O) groups excluding carboxylic acids is 1. The minimum absolute atomic E-state index is 0.00644. The first-order valence-corrected chi connectivity index (χ1v) is 6.30. The average molecular weight is 234 g/mol. The fraction of sp³-hybridized carbons (Fsp3) is 0.643. The van der Waals surface area contributed by atoms with Crippen molar-refractivity contribution >= 4 is 5.97 Å². The minimum Gasteiger partial charge on any atom is -0.494 e. The molecule has 1 aliphatic carbocycles. The predicted molar refractivity (Wildman–Crippen MR) is 63.0 cm³/mol. The van der Waals surface area contributed by atoms with E-state index < -0.39 is 0 Å². The van der Waals surface area contributed by atoms with Gasteiger partial charge in [-0.15, -0.1) is 0 Å². The van der Waals surface area contributed by atoms with Crippen molar-refractivity contribution in [2.45, 2.75) is 39.4 Å². The van der Waals surface area contributed by atoms with E-state index in [0.29, 0.717) is 11.8 Å². The van der Waals surface area contributed by atoms with Gasteiger partial charge in [-0.25, -0.2) is 4.79 Å². The molecule has 0 saturated heterocycles. The van der Waals surface area contributed by atoms with E-state index in [2.05, 4.69) is 13.0 Å². The zero-order chi connectivity index (χ0) is 12.2. The summed E-state index contributed by atoms with van der Waals surface area (Å²) in [6, 6.07) is 0. The van der Waals surface area contributed by atoms with Gasteiger partial charge in [0, 0.05) is 23.8 Å². The molecule has 0 N–H and O–H groups in total. The maximum atomic E-state index is 11.5. The van der Waals surface area contributed by atoms with E-state index in [1.165, 1.54) is 0 Å². The van der Waals surface area contributed by atoms with Gasteiger partial charge in [-0.2, -0.15) is 0 Å². The maximum absolute atomic E-state index is 11.5. The Morgan fingerprint density at radius 3 is 2.76 bits per heavy atom. The number of allylic oxidation sites excluding steroid dienone is 1. The molecule has 1 saturated carbocycles. The molecule has 2 heterocycles. The normalized spacial score (nSPS) is 43.9. The average Bonchev–Trinajstić information content (AvgIpc) is 2.62. The van der Waals surface area contributed by atoms with Crippen LogP contribution in [-0.4, -0.2) is 18.2 Å². The van der Waals surface area contributed by atoms with Gasteiger partial charge < -0.3 is 9.47 Å². The fourth-order valence-electron chi connectivity index (χ4n) is 3.51. The number of ether oxygens (including phenoxy) is 2. The Morgan fingerprint density at radius 2 is 2.00 bits per heavy atom. The van der Waals surface area contributed by atoms with Crippen LogP contribution in [0.15, 0.2) is 23.5 Å². The van der Waals surface area contributed by atoms with Crippen molar-refractivity contribution in [2.24, 2.45) is 17.8 Å². The van der Waals surface area contributed by atoms with Crippen LogP contribution in [0.3, 0.4) is 0 Å². The van der Waals surface area contributed by atoms with Gasteiger partial charge in [-0.1, -0.05) is 12.5 Å². The second-order valence-corrected chi connectivity index (χ2v) is 5.51. The molecule has 0 bridgehead atoms. The quantitative estimate of drug-likeness (QED) is 0.604. The van der Waals surface area contributed by atoms with Crippen molar-refractivity contribution in [1.82, 2.24) is 0 Å². The van der Waals surface area contributed by atoms with E-state index in [9.17, 15) is 4.79 Å². The number of fused-ring (bicyclic) bond motifs is 2. The van der Waals surface area contributed by atoms with Crippen LogP contribution in [-0.2, 0) is 14.3 Å². The largest absolute Gasteiger partial charge is 0.494 e. The third-order valence-corrected chi connectivity index (χ3v) is 4.33. The van der Waals surface area contributed by atoms with E-state index in [0.717, 1.165) is 17.8 Å². The monoisotopic (exact) mass is 234 g/mol. The Morgan fingerprint density at radius 1 is 1.24 bits per heavy atom. The van der Waals surface area contributed by atoms with Gasteiger partial charge in [-0.3, -0.25) is 0 Å². The van der Waals surface area contributed by atoms with Crippen molar-refractivity contribution in [3.63, 3.8) is 0 Å². The zero-order valence-electron chi connectivity index (χ0n) is 10.5. The topological polar surface area (TPSA) is 35.5 Å². The zero-order valence-corrected chi connectivity index (χ0v) is 10.5. The summed E-state index contributed by atoms with van der Waals surface area (Å²) < 4.78 is 11.3. The van der Waals surface area contributed by atoms with E-state index in [-0.39, 0.29) is 24.1 Å². The van der Waals surface area contributed by atoms with E-state index in [1.807, 2.05) is 13.8 Å². The van der Waals surface area contributed by atoms with Crippen LogP contribution in [0.4, 0.5) is 0 Å². The summed E-state index contributed by atoms with van der Waals surface area (Å²) in [5, 5.41) is 0. The van der Waals surface area contributed by atoms with Crippen LogP contribution in [0.5, 0.6) is 0 Å². The SMILES string of the molecule is CC1=CC2CC3C(C)=CC(=O)OC3C(C)C2O1. The summed E-state index contributed by atoms with van der Waals surface area (Å²) >= 11 is 0. The highest BCUT2D eigenvalue weighted by Gasteiger charge is 2.48. The number of carbonyl (C=O) groups is 1. The summed E-state index contributed by atoms with van der Waals surface area (Å²) in [6.07, 6.45) is 5.08. The number of esters is 1. The van der Waals surface area contributed by atoms with Crippen LogP contribution in [0.2, 0.25) is 0 Å². The van der Waals surface area contributed by atoms with Crippen LogP contribution >= 0.6 is 0 Å². The molecule has 3 nitrogen and oxygen atoms in total. The molecule has 92 valence electrons. The molecule has 5 unspecified atom stereocenters. The molecule has 3 aliphatic rings. The Kier molecular flexibility index (Phi) is 2.32. The van der Waals surface area contributed by atoms with Gasteiger partial charge in [0.05, 0.1) is 5.76 Å². The highest BCUT2D eigenvalue weighted by molar-refractivity contribution is 5.84. The summed E-state index contributed by atoms with van der Waals surface area (Å²) in [6.45, 7) is 6.17. The van der Waals surface area contributed by atoms with Crippen molar-refractivity contribution in [1.29, 1.82) is 0 Å². The highest BCUT2D eigenvalue weighted by Crippen LogP contribution is 2.46. The van der Waals surface area contributed by atoms with Crippen molar-refractivity contribution < 1.29 is 14.3 Å². The number of hydrogen-bond donors (Lipinski definition) is 0. The molecule has 17 heavy (non-hydrogen) atoms. The molecule has 0 amide bonds. The standard InChI is InChI=1S/C14H18O3/c1-7-4-12(15)17-14-9(3)13-10(6-11(7)14)5-8(2)16-13/h4-5,9-11,13-14H,6H2,1-3H3. The van der Waals surface area contributed by atoms with Crippen LogP contribution in [0.25, 0.3) is 0 Å². The van der Waals surface area contributed by atoms with E-state index >= 15 is 0 Å². The van der Waals surface area contributed by atoms with Gasteiger partial charge in [0.15, 0.2) is 0 Å². The number of hydrogen-bond acceptors (Lipinski definition) is 3. The molecule has 0 aromatic heterocycles. The van der Waals surface area contributed by atoms with Crippen LogP contribution in [0.1, 0.15) is 27.2 Å². The molecule has 3 rings (SSSR count). The third kappa shape index (κ3) is 1.60. The van der Waals surface area contributed by atoms with E-state index in [1.54, 1.807) is 6.08 Å². The summed E-state index contributed by atoms with van der Waals surface area (Å²) in [5.74, 6) is 1.93. The Labute approximate surface area is 101 Å². The number of rotatable bonds is 0. The van der Waals surface area contributed by atoms with Crippen molar-refractivity contribution in [3.8, 4) is 0 Å². The lowest BCUT2D eigenvalue weighted by Gasteiger charge is -2.43. The van der Waals surface area contributed by atoms with Crippen molar-refractivity contribution in [2.75, 3.05) is 0 Å². The van der Waals surface area contributed by atoms with Gasteiger partial charge in [-0.05, 0) is 26.3 Å². The van der Waals surface area contributed by atoms with Gasteiger partial charge in [0.2, 0.25) is 0 Å². The maximum Gasteiger partial charge on any atom is 0.331 e. The summed E-state index contributed by atoms with van der Waals surface area (Å²) in [4.78, 5) is 11.5. The van der Waals surface area contributed by atoms with Crippen LogP contribution < -0.4 is 0 Å². The molecule has 0 radical (unpaired) electrons. The second kappa shape index (κ2) is 3.62. The summed E-state index contributed by atoms with van der Waals surface area (Å²) in [7, 11) is 0. The molecule has 1 fully saturated rings. The van der Waals surface area contributed by atoms with Gasteiger partial charge >= 0.3 is 5.97 Å². The first-order chi connectivity index (χ1) is 8.06. The third-order valence-electron chi connectivity index (χ3n) is 4.33. The predicted octanol–water partition coefficient (Wildman–Crippen LogP) is 2.43. The van der Waals surface area contributed by atoms with Crippen molar-refractivity contribution in [3.05, 3.63) is 23.5 Å². The molecule has 5 atom stereocenters. The Hall–Kier alpha value is -1.25. The molecular formula is C14H18O3. The Balaban J connectivity index is 1.91. The first-order valence-electron chi connectivity index (χ1n) is 6.30. The van der Waals surface area contributed by atoms with E-state index in [4.69, 9.17) is 9.47 Å². The molecule has 3 heteroatoms. The molecule has 0 spiro atoms.